The zero-order valence-electron chi connectivity index (χ0n) is 12.5. The van der Waals surface area contributed by atoms with Gasteiger partial charge in [-0.3, -0.25) is 4.79 Å². The molecule has 0 bridgehead atoms. The molecule has 19 heavy (non-hydrogen) atoms. The van der Waals surface area contributed by atoms with Crippen molar-refractivity contribution in [2.24, 2.45) is 0 Å². The second-order valence-electron chi connectivity index (χ2n) is 5.18. The molecule has 0 aromatic heterocycles. The number of amides is 1. The summed E-state index contributed by atoms with van der Waals surface area (Å²) >= 11 is 0. The molecule has 0 unspecified atom stereocenters. The van der Waals surface area contributed by atoms with E-state index in [9.17, 15) is 4.79 Å². The van der Waals surface area contributed by atoms with E-state index in [1.165, 1.54) is 0 Å². The smallest absolute Gasteiger partial charge is 0.244 e. The number of benzene rings is 1. The summed E-state index contributed by atoms with van der Waals surface area (Å²) in [7, 11) is 1.77. The van der Waals surface area contributed by atoms with E-state index < -0.39 is 5.54 Å². The van der Waals surface area contributed by atoms with Crippen molar-refractivity contribution in [1.82, 2.24) is 5.32 Å². The highest BCUT2D eigenvalue weighted by Crippen LogP contribution is 2.26. The lowest BCUT2D eigenvalue weighted by Crippen LogP contribution is -2.47. The highest BCUT2D eigenvalue weighted by atomic mass is 16.5. The molecular weight excluding hydrogens is 240 g/mol. The quantitative estimate of drug-likeness (QED) is 0.830. The Hall–Kier alpha value is -1.55. The van der Waals surface area contributed by atoms with Crippen molar-refractivity contribution in [3.8, 4) is 5.75 Å². The minimum absolute atomic E-state index is 0.0831. The number of nitrogens with one attached hydrogen (secondary N) is 2. The Morgan fingerprint density at radius 1 is 1.37 bits per heavy atom. The topological polar surface area (TPSA) is 50.4 Å². The van der Waals surface area contributed by atoms with Crippen LogP contribution in [0.2, 0.25) is 0 Å². The van der Waals surface area contributed by atoms with Gasteiger partial charge in [0.25, 0.3) is 0 Å². The molecule has 1 rings (SSSR count). The van der Waals surface area contributed by atoms with Crippen LogP contribution in [-0.2, 0) is 4.79 Å². The Balaban J connectivity index is 2.91. The highest BCUT2D eigenvalue weighted by Gasteiger charge is 2.25. The third kappa shape index (κ3) is 4.24. The van der Waals surface area contributed by atoms with Gasteiger partial charge in [0.05, 0.1) is 17.8 Å². The Morgan fingerprint density at radius 3 is 2.63 bits per heavy atom. The first kappa shape index (κ1) is 15.5. The number of carbonyl (C=O) groups is 1. The predicted molar refractivity (Wildman–Crippen MR) is 78.7 cm³/mol. The van der Waals surface area contributed by atoms with Gasteiger partial charge < -0.3 is 15.4 Å². The molecule has 1 aromatic rings. The van der Waals surface area contributed by atoms with Gasteiger partial charge >= 0.3 is 0 Å². The summed E-state index contributed by atoms with van der Waals surface area (Å²) < 4.78 is 5.68. The maximum atomic E-state index is 12.1. The van der Waals surface area contributed by atoms with Crippen LogP contribution in [0.3, 0.4) is 0 Å². The molecule has 0 radical (unpaired) electrons. The molecule has 0 aliphatic rings. The van der Waals surface area contributed by atoms with E-state index in [2.05, 4.69) is 17.6 Å². The summed E-state index contributed by atoms with van der Waals surface area (Å²) in [5, 5.41) is 5.89. The molecule has 0 spiro atoms. The van der Waals surface area contributed by atoms with E-state index in [-0.39, 0.29) is 5.91 Å². The molecule has 0 aliphatic heterocycles. The van der Waals surface area contributed by atoms with E-state index in [0.29, 0.717) is 12.3 Å². The molecule has 0 saturated heterocycles. The molecule has 0 saturated carbocycles. The average molecular weight is 264 g/mol. The Kier molecular flexibility index (Phi) is 5.36. The van der Waals surface area contributed by atoms with Crippen molar-refractivity contribution in [2.75, 3.05) is 19.0 Å². The fraction of sp³-hybridized carbons (Fsp3) is 0.533. The van der Waals surface area contributed by atoms with Crippen LogP contribution in [0.5, 0.6) is 5.75 Å². The van der Waals surface area contributed by atoms with Crippen molar-refractivity contribution < 1.29 is 9.53 Å². The van der Waals surface area contributed by atoms with E-state index >= 15 is 0 Å². The van der Waals surface area contributed by atoms with Gasteiger partial charge in [0.2, 0.25) is 5.91 Å². The summed E-state index contributed by atoms with van der Waals surface area (Å²) in [5.41, 5.74) is 1.21. The Labute approximate surface area is 115 Å². The van der Waals surface area contributed by atoms with Crippen LogP contribution < -0.4 is 15.4 Å². The van der Waals surface area contributed by atoms with Crippen LogP contribution in [0.25, 0.3) is 0 Å². The third-order valence-electron chi connectivity index (χ3n) is 3.04. The molecule has 0 aliphatic carbocycles. The number of aryl methyl sites for hydroxylation is 1. The molecule has 0 heterocycles. The van der Waals surface area contributed by atoms with Crippen LogP contribution in [0, 0.1) is 6.92 Å². The molecule has 4 heteroatoms. The molecule has 0 atom stereocenters. The zero-order chi connectivity index (χ0) is 14.5. The molecule has 1 aromatic carbocycles. The Morgan fingerprint density at radius 2 is 2.05 bits per heavy atom. The minimum atomic E-state index is -0.618. The zero-order valence-corrected chi connectivity index (χ0v) is 12.5. The molecular formula is C15H24N2O2. The van der Waals surface area contributed by atoms with E-state index in [0.717, 1.165) is 17.7 Å². The van der Waals surface area contributed by atoms with Crippen molar-refractivity contribution >= 4 is 11.6 Å². The maximum absolute atomic E-state index is 12.1. The molecule has 106 valence electrons. The molecule has 0 fully saturated rings. The van der Waals surface area contributed by atoms with Gasteiger partial charge in [-0.1, -0.05) is 13.0 Å². The molecule has 1 amide bonds. The second kappa shape index (κ2) is 6.57. The number of hydrogen-bond acceptors (Lipinski definition) is 3. The van der Waals surface area contributed by atoms with Gasteiger partial charge in [0.15, 0.2) is 0 Å². The van der Waals surface area contributed by atoms with Crippen LogP contribution in [0.4, 0.5) is 5.69 Å². The number of likely N-dealkylation sites (N-methyl/N-ethyl adjacent to an activating group) is 1. The third-order valence-corrected chi connectivity index (χ3v) is 3.04. The fourth-order valence-electron chi connectivity index (χ4n) is 1.46. The summed E-state index contributed by atoms with van der Waals surface area (Å²) in [6.45, 7) is 8.37. The standard InChI is InChI=1S/C15H24N2O2/c1-6-9-19-13-10-11(2)7-8-12(13)17-14(18)15(3,4)16-5/h7-8,10,16H,6,9H2,1-5H3,(H,17,18). The van der Waals surface area contributed by atoms with Gasteiger partial charge in [-0.2, -0.15) is 0 Å². The molecule has 2 N–H and O–H groups in total. The minimum Gasteiger partial charge on any atom is -0.491 e. The number of hydrogen-bond donors (Lipinski definition) is 2. The average Bonchev–Trinajstić information content (AvgIpc) is 2.38. The largest absolute Gasteiger partial charge is 0.491 e. The Bertz CT molecular complexity index is 442. The van der Waals surface area contributed by atoms with Crippen LogP contribution >= 0.6 is 0 Å². The monoisotopic (exact) mass is 264 g/mol. The van der Waals surface area contributed by atoms with Gasteiger partial charge in [0, 0.05) is 0 Å². The van der Waals surface area contributed by atoms with Crippen molar-refractivity contribution in [3.63, 3.8) is 0 Å². The predicted octanol–water partition coefficient (Wildman–Crippen LogP) is 2.72. The maximum Gasteiger partial charge on any atom is 0.244 e. The normalized spacial score (nSPS) is 11.2. The lowest BCUT2D eigenvalue weighted by atomic mass is 10.0. The summed E-state index contributed by atoms with van der Waals surface area (Å²) in [5.74, 6) is 0.641. The summed E-state index contributed by atoms with van der Waals surface area (Å²) in [4.78, 5) is 12.1. The van der Waals surface area contributed by atoms with Crippen LogP contribution in [0.1, 0.15) is 32.8 Å². The lowest BCUT2D eigenvalue weighted by molar-refractivity contribution is -0.121. The first-order chi connectivity index (χ1) is 8.90. The second-order valence-corrected chi connectivity index (χ2v) is 5.18. The van der Waals surface area contributed by atoms with Gasteiger partial charge in [0.1, 0.15) is 5.75 Å². The number of carbonyl (C=O) groups excluding carboxylic acids is 1. The van der Waals surface area contributed by atoms with E-state index in [4.69, 9.17) is 4.74 Å². The fourth-order valence-corrected chi connectivity index (χ4v) is 1.46. The van der Waals surface area contributed by atoms with Gasteiger partial charge in [-0.25, -0.2) is 0 Å². The van der Waals surface area contributed by atoms with Gasteiger partial charge in [-0.05, 0) is 51.9 Å². The highest BCUT2D eigenvalue weighted by molar-refractivity contribution is 5.98. The van der Waals surface area contributed by atoms with Crippen LogP contribution in [0.15, 0.2) is 18.2 Å². The summed E-state index contributed by atoms with van der Waals surface area (Å²) in [6.07, 6.45) is 0.934. The SMILES string of the molecule is CCCOc1cc(C)ccc1NC(=O)C(C)(C)NC. The van der Waals surface area contributed by atoms with Crippen molar-refractivity contribution in [2.45, 2.75) is 39.7 Å². The summed E-state index contributed by atoms with van der Waals surface area (Å²) in [6, 6.07) is 5.78. The first-order valence-electron chi connectivity index (χ1n) is 6.64. The van der Waals surface area contributed by atoms with E-state index in [1.807, 2.05) is 39.0 Å². The van der Waals surface area contributed by atoms with Gasteiger partial charge in [-0.15, -0.1) is 0 Å². The number of rotatable bonds is 6. The van der Waals surface area contributed by atoms with Crippen LogP contribution in [-0.4, -0.2) is 25.1 Å². The molecule has 4 nitrogen and oxygen atoms in total. The van der Waals surface area contributed by atoms with Crippen molar-refractivity contribution in [3.05, 3.63) is 23.8 Å². The first-order valence-corrected chi connectivity index (χ1v) is 6.64. The number of anilines is 1. The lowest BCUT2D eigenvalue weighted by Gasteiger charge is -2.23. The number of ether oxygens (including phenoxy) is 1. The van der Waals surface area contributed by atoms with E-state index in [1.54, 1.807) is 7.05 Å². The van der Waals surface area contributed by atoms with Crippen molar-refractivity contribution in [1.29, 1.82) is 0 Å².